The van der Waals surface area contributed by atoms with Crippen LogP contribution in [0.25, 0.3) is 0 Å². The summed E-state index contributed by atoms with van der Waals surface area (Å²) in [6, 6.07) is 4.91. The second-order valence-electron chi connectivity index (χ2n) is 6.61. The highest BCUT2D eigenvalue weighted by molar-refractivity contribution is 5.85. The molecule has 1 aromatic rings. The fourth-order valence-electron chi connectivity index (χ4n) is 3.74. The van der Waals surface area contributed by atoms with Gasteiger partial charge in [-0.1, -0.05) is 6.07 Å². The number of carbonyl (C=O) groups is 1. The summed E-state index contributed by atoms with van der Waals surface area (Å²) in [6.07, 6.45) is 3.21. The number of nitrogens with zero attached hydrogens (tertiary/aromatic N) is 1. The largest absolute Gasteiger partial charge is 0.494 e. The van der Waals surface area contributed by atoms with Crippen LogP contribution in [0.5, 0.6) is 5.75 Å². The smallest absolute Gasteiger partial charge is 0.222 e. The van der Waals surface area contributed by atoms with Crippen LogP contribution in [0.1, 0.15) is 24.8 Å². The van der Waals surface area contributed by atoms with E-state index in [1.165, 1.54) is 13.2 Å². The zero-order valence-corrected chi connectivity index (χ0v) is 14.9. The molecule has 0 bridgehead atoms. The molecule has 2 heterocycles. The number of nitrogens with one attached hydrogen (secondary N) is 1. The Morgan fingerprint density at radius 3 is 2.54 bits per heavy atom. The predicted octanol–water partition coefficient (Wildman–Crippen LogP) is 2.65. The van der Waals surface area contributed by atoms with Gasteiger partial charge in [0.15, 0.2) is 11.6 Å². The van der Waals surface area contributed by atoms with Gasteiger partial charge in [-0.15, -0.1) is 12.4 Å². The van der Waals surface area contributed by atoms with E-state index in [2.05, 4.69) is 5.32 Å². The molecular weight excluding hydrogens is 331 g/mol. The third-order valence-corrected chi connectivity index (χ3v) is 5.22. The van der Waals surface area contributed by atoms with Crippen LogP contribution >= 0.6 is 12.4 Å². The van der Waals surface area contributed by atoms with E-state index in [-0.39, 0.29) is 29.9 Å². The second-order valence-corrected chi connectivity index (χ2v) is 6.61. The lowest BCUT2D eigenvalue weighted by atomic mass is 9.92. The minimum atomic E-state index is -0.368. The lowest BCUT2D eigenvalue weighted by molar-refractivity contribution is -0.131. The molecular formula is C18H26ClFN2O2. The normalized spacial score (nSPS) is 23.2. The van der Waals surface area contributed by atoms with Crippen LogP contribution in [0.15, 0.2) is 18.2 Å². The number of aryl methyl sites for hydroxylation is 1. The number of methoxy groups -OCH3 is 1. The van der Waals surface area contributed by atoms with E-state index in [0.717, 1.165) is 56.4 Å². The topological polar surface area (TPSA) is 41.6 Å². The lowest BCUT2D eigenvalue weighted by Crippen LogP contribution is -2.32. The highest BCUT2D eigenvalue weighted by atomic mass is 35.5. The number of amides is 1. The monoisotopic (exact) mass is 356 g/mol. The summed E-state index contributed by atoms with van der Waals surface area (Å²) in [5.74, 6) is 1.52. The summed E-state index contributed by atoms with van der Waals surface area (Å²) in [5, 5.41) is 3.45. The SMILES string of the molecule is COc1ccc(CCC(=O)N2CC[C@@H]3CNC[C@@H]3CC2)cc1F.Cl. The molecule has 24 heavy (non-hydrogen) atoms. The van der Waals surface area contributed by atoms with Gasteiger partial charge in [0.1, 0.15) is 0 Å². The van der Waals surface area contributed by atoms with Gasteiger partial charge in [0.05, 0.1) is 7.11 Å². The summed E-state index contributed by atoms with van der Waals surface area (Å²) in [6.45, 7) is 3.91. The molecule has 2 aliphatic rings. The Hall–Kier alpha value is -1.33. The predicted molar refractivity (Wildman–Crippen MR) is 94.2 cm³/mol. The fraction of sp³-hybridized carbons (Fsp3) is 0.611. The number of carbonyl (C=O) groups excluding carboxylic acids is 1. The first-order chi connectivity index (χ1) is 11.2. The van der Waals surface area contributed by atoms with Crippen molar-refractivity contribution in [1.29, 1.82) is 0 Å². The molecule has 0 aromatic heterocycles. The van der Waals surface area contributed by atoms with Gasteiger partial charge in [0.25, 0.3) is 0 Å². The molecule has 0 aliphatic carbocycles. The van der Waals surface area contributed by atoms with Crippen LogP contribution in [-0.4, -0.2) is 44.1 Å². The number of fused-ring (bicyclic) bond motifs is 1. The zero-order valence-electron chi connectivity index (χ0n) is 14.1. The van der Waals surface area contributed by atoms with Gasteiger partial charge in [0.2, 0.25) is 5.91 Å². The molecule has 1 aromatic carbocycles. The number of hydrogen-bond acceptors (Lipinski definition) is 3. The molecule has 3 rings (SSSR count). The molecule has 0 radical (unpaired) electrons. The number of rotatable bonds is 4. The molecule has 6 heteroatoms. The molecule has 134 valence electrons. The first-order valence-electron chi connectivity index (χ1n) is 8.48. The fourth-order valence-corrected chi connectivity index (χ4v) is 3.74. The summed E-state index contributed by atoms with van der Waals surface area (Å²) in [7, 11) is 1.45. The third-order valence-electron chi connectivity index (χ3n) is 5.22. The Morgan fingerprint density at radius 2 is 1.96 bits per heavy atom. The van der Waals surface area contributed by atoms with Crippen molar-refractivity contribution in [2.75, 3.05) is 33.3 Å². The Morgan fingerprint density at radius 1 is 1.29 bits per heavy atom. The van der Waals surface area contributed by atoms with E-state index >= 15 is 0 Å². The number of ether oxygens (including phenoxy) is 1. The maximum atomic E-state index is 13.7. The molecule has 1 amide bonds. The van der Waals surface area contributed by atoms with Crippen molar-refractivity contribution in [3.8, 4) is 5.75 Å². The highest BCUT2D eigenvalue weighted by Crippen LogP contribution is 2.27. The summed E-state index contributed by atoms with van der Waals surface area (Å²) < 4.78 is 18.6. The van der Waals surface area contributed by atoms with Crippen molar-refractivity contribution in [1.82, 2.24) is 10.2 Å². The highest BCUT2D eigenvalue weighted by Gasteiger charge is 2.31. The van der Waals surface area contributed by atoms with Crippen LogP contribution < -0.4 is 10.1 Å². The quantitative estimate of drug-likeness (QED) is 0.901. The van der Waals surface area contributed by atoms with Crippen LogP contribution in [0.3, 0.4) is 0 Å². The van der Waals surface area contributed by atoms with Crippen molar-refractivity contribution in [3.63, 3.8) is 0 Å². The van der Waals surface area contributed by atoms with Crippen molar-refractivity contribution < 1.29 is 13.9 Å². The van der Waals surface area contributed by atoms with E-state index in [9.17, 15) is 9.18 Å². The first kappa shape index (κ1) is 19.0. The lowest BCUT2D eigenvalue weighted by Gasteiger charge is -2.21. The molecule has 0 spiro atoms. The molecule has 4 nitrogen and oxygen atoms in total. The molecule has 2 aliphatic heterocycles. The van der Waals surface area contributed by atoms with E-state index in [1.807, 2.05) is 11.0 Å². The van der Waals surface area contributed by atoms with Crippen LogP contribution in [0, 0.1) is 17.7 Å². The van der Waals surface area contributed by atoms with E-state index in [0.29, 0.717) is 12.8 Å². The van der Waals surface area contributed by atoms with Crippen molar-refractivity contribution in [3.05, 3.63) is 29.6 Å². The van der Waals surface area contributed by atoms with Gasteiger partial charge in [-0.05, 0) is 61.9 Å². The maximum Gasteiger partial charge on any atom is 0.222 e. The third kappa shape index (κ3) is 4.39. The van der Waals surface area contributed by atoms with Crippen LogP contribution in [0.2, 0.25) is 0 Å². The number of halogens is 2. The average molecular weight is 357 g/mol. The average Bonchev–Trinajstić information content (AvgIpc) is 2.91. The van der Waals surface area contributed by atoms with E-state index < -0.39 is 0 Å². The van der Waals surface area contributed by atoms with Crippen molar-refractivity contribution in [2.45, 2.75) is 25.7 Å². The second kappa shape index (κ2) is 8.67. The van der Waals surface area contributed by atoms with Gasteiger partial charge in [-0.2, -0.15) is 0 Å². The van der Waals surface area contributed by atoms with Gasteiger partial charge in [-0.25, -0.2) is 4.39 Å². The Bertz CT molecular complexity index is 556. The molecule has 0 unspecified atom stereocenters. The maximum absolute atomic E-state index is 13.7. The molecule has 2 atom stereocenters. The number of hydrogen-bond donors (Lipinski definition) is 1. The van der Waals surface area contributed by atoms with Crippen molar-refractivity contribution >= 4 is 18.3 Å². The number of benzene rings is 1. The summed E-state index contributed by atoms with van der Waals surface area (Å²) >= 11 is 0. The summed E-state index contributed by atoms with van der Waals surface area (Å²) in [4.78, 5) is 14.4. The van der Waals surface area contributed by atoms with Crippen molar-refractivity contribution in [2.24, 2.45) is 11.8 Å². The van der Waals surface area contributed by atoms with Gasteiger partial charge < -0.3 is 15.0 Å². The first-order valence-corrected chi connectivity index (χ1v) is 8.48. The molecule has 2 saturated heterocycles. The standard InChI is InChI=1S/C18H25FN2O2.ClH/c1-23-17-4-2-13(10-16(17)19)3-5-18(22)21-8-6-14-11-20-12-15(14)7-9-21;/h2,4,10,14-15,20H,3,5-9,11-12H2,1H3;1H/t14-,15+;. The minimum absolute atomic E-state index is 0. The van der Waals surface area contributed by atoms with Crippen LogP contribution in [0.4, 0.5) is 4.39 Å². The minimum Gasteiger partial charge on any atom is -0.494 e. The molecule has 1 N–H and O–H groups in total. The van der Waals surface area contributed by atoms with Gasteiger partial charge in [0, 0.05) is 19.5 Å². The van der Waals surface area contributed by atoms with Crippen LogP contribution in [-0.2, 0) is 11.2 Å². The van der Waals surface area contributed by atoms with E-state index in [4.69, 9.17) is 4.74 Å². The Labute approximate surface area is 149 Å². The van der Waals surface area contributed by atoms with E-state index in [1.54, 1.807) is 6.07 Å². The molecule has 0 saturated carbocycles. The summed E-state index contributed by atoms with van der Waals surface area (Å²) in [5.41, 5.74) is 0.840. The molecule has 2 fully saturated rings. The Kier molecular flexibility index (Phi) is 6.87. The van der Waals surface area contributed by atoms with Gasteiger partial charge >= 0.3 is 0 Å². The zero-order chi connectivity index (χ0) is 16.2. The number of likely N-dealkylation sites (tertiary alicyclic amines) is 1. The Balaban J connectivity index is 0.00000208. The van der Waals surface area contributed by atoms with Gasteiger partial charge in [-0.3, -0.25) is 4.79 Å².